The molecule has 5 aromatic rings. The van der Waals surface area contributed by atoms with Crippen LogP contribution in [0.1, 0.15) is 59.3 Å². The molecule has 1 saturated heterocycles. The lowest BCUT2D eigenvalue weighted by Crippen LogP contribution is -2.40. The van der Waals surface area contributed by atoms with E-state index in [0.29, 0.717) is 41.4 Å². The largest absolute Gasteiger partial charge is 0.489 e. The van der Waals surface area contributed by atoms with Crippen LogP contribution in [0.25, 0.3) is 22.3 Å². The van der Waals surface area contributed by atoms with Gasteiger partial charge >= 0.3 is 5.97 Å². The van der Waals surface area contributed by atoms with E-state index in [4.69, 9.17) is 37.2 Å². The minimum atomic E-state index is -0.443. The smallest absolute Gasteiger partial charge is 0.341 e. The molecule has 0 spiro atoms. The molecule has 0 aromatic heterocycles. The zero-order chi connectivity index (χ0) is 38.2. The molecule has 10 nitrogen and oxygen atoms in total. The van der Waals surface area contributed by atoms with Crippen LogP contribution in [0.15, 0.2) is 115 Å². The number of nitrogen functional groups attached to an aromatic ring is 2. The summed E-state index contributed by atoms with van der Waals surface area (Å²) in [5, 5.41) is 23.8. The van der Waals surface area contributed by atoms with Gasteiger partial charge in [0.15, 0.2) is 0 Å². The second-order valence-corrected chi connectivity index (χ2v) is 13.5. The summed E-state index contributed by atoms with van der Waals surface area (Å²) in [5.74, 6) is 0.636. The number of nitrogens with one attached hydrogen (secondary N) is 3. The summed E-state index contributed by atoms with van der Waals surface area (Å²) in [4.78, 5) is 17.8. The van der Waals surface area contributed by atoms with Gasteiger partial charge in [0.2, 0.25) is 0 Å². The molecular formula is C44H47N7O3. The summed E-state index contributed by atoms with van der Waals surface area (Å²) in [6.45, 7) is 6.34. The third-order valence-corrected chi connectivity index (χ3v) is 9.65. The molecule has 0 unspecified atom stereocenters. The summed E-state index contributed by atoms with van der Waals surface area (Å²) in [7, 11) is 0. The number of ether oxygens (including phenoxy) is 2. The van der Waals surface area contributed by atoms with Crippen LogP contribution < -0.4 is 21.1 Å². The predicted molar refractivity (Wildman–Crippen MR) is 217 cm³/mol. The highest BCUT2D eigenvalue weighted by Crippen LogP contribution is 2.32. The van der Waals surface area contributed by atoms with Crippen LogP contribution in [0, 0.1) is 16.2 Å². The van der Waals surface area contributed by atoms with Crippen LogP contribution in [0.4, 0.5) is 5.69 Å². The average Bonchev–Trinajstić information content (AvgIpc) is 3.18. The average molecular weight is 722 g/mol. The molecule has 54 heavy (non-hydrogen) atoms. The van der Waals surface area contributed by atoms with Gasteiger partial charge in [0.05, 0.1) is 12.4 Å². The van der Waals surface area contributed by atoms with E-state index >= 15 is 0 Å². The van der Waals surface area contributed by atoms with Gasteiger partial charge in [-0.25, -0.2) is 4.79 Å². The number of carbonyl (C=O) groups excluding carboxylic acids is 1. The van der Waals surface area contributed by atoms with Gasteiger partial charge in [0.25, 0.3) is 0 Å². The van der Waals surface area contributed by atoms with E-state index in [0.717, 1.165) is 65.0 Å². The molecule has 6 rings (SSSR count). The van der Waals surface area contributed by atoms with Crippen molar-refractivity contribution in [3.05, 3.63) is 143 Å². The van der Waals surface area contributed by atoms with Crippen molar-refractivity contribution >= 4 is 29.2 Å². The summed E-state index contributed by atoms with van der Waals surface area (Å²) >= 11 is 0. The fraction of sp³-hybridized carbons (Fsp3) is 0.227. The monoisotopic (exact) mass is 721 g/mol. The number of carbonyl (C=O) groups is 1. The van der Waals surface area contributed by atoms with Gasteiger partial charge in [-0.1, -0.05) is 72.8 Å². The normalized spacial score (nSPS) is 12.9. The van der Waals surface area contributed by atoms with E-state index in [1.54, 1.807) is 13.8 Å². The van der Waals surface area contributed by atoms with Gasteiger partial charge < -0.3 is 30.7 Å². The Labute approximate surface area is 316 Å². The van der Waals surface area contributed by atoms with Crippen molar-refractivity contribution in [3.63, 3.8) is 0 Å². The lowest BCUT2D eigenvalue weighted by Gasteiger charge is -2.33. The Morgan fingerprint density at radius 3 is 1.70 bits per heavy atom. The summed E-state index contributed by atoms with van der Waals surface area (Å²) in [6, 6.07) is 37.7. The fourth-order valence-corrected chi connectivity index (χ4v) is 6.78. The number of anilines is 1. The van der Waals surface area contributed by atoms with Crippen LogP contribution in [-0.4, -0.2) is 54.2 Å². The van der Waals surface area contributed by atoms with Gasteiger partial charge in [0.1, 0.15) is 29.1 Å². The number of hydrogen-bond donors (Lipinski definition) is 5. The molecular weight excluding hydrogens is 675 g/mol. The van der Waals surface area contributed by atoms with E-state index in [1.165, 1.54) is 0 Å². The maximum absolute atomic E-state index is 13.5. The highest BCUT2D eigenvalue weighted by atomic mass is 16.5. The number of nitrogens with zero attached hydrogens (tertiary/aromatic N) is 2. The molecule has 1 aliphatic rings. The number of nitrogens with two attached hydrogens (primary N) is 2. The van der Waals surface area contributed by atoms with Crippen molar-refractivity contribution < 1.29 is 14.3 Å². The first-order chi connectivity index (χ1) is 26.1. The highest BCUT2D eigenvalue weighted by Gasteiger charge is 2.24. The molecule has 0 atom stereocenters. The molecule has 0 amide bonds. The van der Waals surface area contributed by atoms with Crippen molar-refractivity contribution in [2.24, 2.45) is 11.5 Å². The van der Waals surface area contributed by atoms with Crippen LogP contribution >= 0.6 is 0 Å². The lowest BCUT2D eigenvalue weighted by atomic mass is 9.99. The molecule has 1 aliphatic heterocycles. The zero-order valence-corrected chi connectivity index (χ0v) is 30.8. The number of rotatable bonds is 13. The van der Waals surface area contributed by atoms with Crippen molar-refractivity contribution in [2.75, 3.05) is 24.6 Å². The maximum atomic E-state index is 13.5. The Morgan fingerprint density at radius 2 is 1.22 bits per heavy atom. The van der Waals surface area contributed by atoms with Gasteiger partial charge in [0, 0.05) is 55.8 Å². The lowest BCUT2D eigenvalue weighted by molar-refractivity contribution is 0.0515. The Morgan fingerprint density at radius 1 is 0.722 bits per heavy atom. The fourth-order valence-electron chi connectivity index (χ4n) is 6.78. The molecule has 276 valence electrons. The predicted octanol–water partition coefficient (Wildman–Crippen LogP) is 7.81. The molecule has 1 fully saturated rings. The van der Waals surface area contributed by atoms with Crippen molar-refractivity contribution in [2.45, 2.75) is 45.9 Å². The van der Waals surface area contributed by atoms with E-state index in [2.05, 4.69) is 29.2 Å². The molecule has 0 aliphatic carbocycles. The van der Waals surface area contributed by atoms with Gasteiger partial charge in [-0.05, 0) is 89.7 Å². The van der Waals surface area contributed by atoms with Gasteiger partial charge in [-0.15, -0.1) is 0 Å². The first-order valence-corrected chi connectivity index (χ1v) is 18.2. The van der Waals surface area contributed by atoms with E-state index in [9.17, 15) is 4.79 Å². The van der Waals surface area contributed by atoms with Gasteiger partial charge in [-0.2, -0.15) is 0 Å². The van der Waals surface area contributed by atoms with Crippen molar-refractivity contribution in [3.8, 4) is 28.0 Å². The van der Waals surface area contributed by atoms with Crippen LogP contribution in [0.5, 0.6) is 5.75 Å². The number of hydrogen-bond acceptors (Lipinski definition) is 7. The molecule has 7 N–H and O–H groups in total. The topological polar surface area (TPSA) is 166 Å². The number of esters is 1. The molecule has 0 saturated carbocycles. The van der Waals surface area contributed by atoms with Crippen LogP contribution in [-0.2, 0) is 17.8 Å². The summed E-state index contributed by atoms with van der Waals surface area (Å²) in [5.41, 5.74) is 20.2. The number of amidine groups is 3. The Bertz CT molecular complexity index is 2070. The molecule has 10 heteroatoms. The molecule has 0 bridgehead atoms. The molecule has 5 aromatic carbocycles. The molecule has 1 heterocycles. The van der Waals surface area contributed by atoms with Gasteiger partial charge in [-0.3, -0.25) is 16.2 Å². The number of likely N-dealkylation sites (tertiary alicyclic amines) is 1. The van der Waals surface area contributed by atoms with Crippen LogP contribution in [0.2, 0.25) is 0 Å². The first kappa shape index (κ1) is 37.3. The highest BCUT2D eigenvalue weighted by molar-refractivity contribution is 5.97. The minimum absolute atomic E-state index is 0.0196. The Kier molecular flexibility index (Phi) is 11.7. The second-order valence-electron chi connectivity index (χ2n) is 13.5. The SMILES string of the molecule is CCOC(=O)c1cc(N(Cc2cccc(-c3cccc(C(=N)N)c3)c2)Cc2cccc(-c3cccc(C(=N)N)c3)c2)ccc1OC1CCN(C(C)=N)CC1. The third kappa shape index (κ3) is 9.14. The summed E-state index contributed by atoms with van der Waals surface area (Å²) < 4.78 is 12.0. The van der Waals surface area contributed by atoms with Crippen molar-refractivity contribution in [1.29, 1.82) is 16.2 Å². The zero-order valence-electron chi connectivity index (χ0n) is 30.8. The maximum Gasteiger partial charge on any atom is 0.341 e. The Balaban J connectivity index is 1.36. The first-order valence-electron chi connectivity index (χ1n) is 18.2. The molecule has 0 radical (unpaired) electrons. The third-order valence-electron chi connectivity index (χ3n) is 9.65. The van der Waals surface area contributed by atoms with E-state index < -0.39 is 5.97 Å². The summed E-state index contributed by atoms with van der Waals surface area (Å²) in [6.07, 6.45) is 1.43. The van der Waals surface area contributed by atoms with Crippen molar-refractivity contribution in [1.82, 2.24) is 4.90 Å². The number of piperidine rings is 1. The van der Waals surface area contributed by atoms with Crippen LogP contribution in [0.3, 0.4) is 0 Å². The quantitative estimate of drug-likeness (QED) is 0.0470. The Hall–Kier alpha value is -6.42. The minimum Gasteiger partial charge on any atom is -0.489 e. The second kappa shape index (κ2) is 16.9. The number of benzene rings is 5. The van der Waals surface area contributed by atoms with E-state index in [1.807, 2.05) is 95.9 Å². The van der Waals surface area contributed by atoms with E-state index in [-0.39, 0.29) is 24.4 Å². The standard InChI is InChI=1S/C44H47N7O3/c1-3-53-44(52)40-26-38(16-17-41(40)54-39-18-20-50(21-19-39)29(2)45)51(27-30-8-4-10-32(22-30)34-12-6-14-36(24-34)42(46)47)28-31-9-5-11-33(23-31)35-13-7-15-37(25-35)43(48)49/h4-17,22-26,39,45H,3,18-21,27-28H2,1-2H3,(H3,46,47)(H3,48,49).